The molecule has 3 fully saturated rings. The van der Waals surface area contributed by atoms with Crippen LogP contribution >= 0.6 is 0 Å². The van der Waals surface area contributed by atoms with E-state index in [0.717, 1.165) is 19.3 Å². The zero-order valence-electron chi connectivity index (χ0n) is 30.0. The normalized spacial score (nSPS) is 22.9. The quantitative estimate of drug-likeness (QED) is 0.158. The van der Waals surface area contributed by atoms with Gasteiger partial charge in [-0.3, -0.25) is 33.8 Å². The number of Topliss-reactive ketones (excluding diaryl/α,β-unsaturated/α-hetero) is 1. The Morgan fingerprint density at radius 3 is 2.29 bits per heavy atom. The summed E-state index contributed by atoms with van der Waals surface area (Å²) in [5, 5.41) is 10.6. The van der Waals surface area contributed by atoms with Crippen molar-refractivity contribution in [2.45, 2.75) is 110 Å². The lowest BCUT2D eigenvalue weighted by Crippen LogP contribution is -2.63. The van der Waals surface area contributed by atoms with E-state index in [1.165, 1.54) is 29.6 Å². The number of likely N-dealkylation sites (tertiary alicyclic amines) is 1. The first-order valence-electron chi connectivity index (χ1n) is 17.7. The minimum atomic E-state index is -2.77. The van der Waals surface area contributed by atoms with Crippen molar-refractivity contribution in [2.75, 3.05) is 13.1 Å². The second kappa shape index (κ2) is 16.4. The number of piperidine rings is 1. The van der Waals surface area contributed by atoms with Gasteiger partial charge in [-0.2, -0.15) is 0 Å². The molecule has 3 aliphatic rings. The van der Waals surface area contributed by atoms with Crippen LogP contribution in [0.2, 0.25) is 0 Å². The number of fused-ring (bicyclic) bond motifs is 1. The molecule has 0 radical (unpaired) electrons. The van der Waals surface area contributed by atoms with Gasteiger partial charge in [0.05, 0.1) is 12.2 Å². The van der Waals surface area contributed by atoms with E-state index in [1.807, 2.05) is 13.8 Å². The van der Waals surface area contributed by atoms with Gasteiger partial charge >= 0.3 is 0 Å². The molecule has 51 heavy (non-hydrogen) atoms. The molecule has 0 bridgehead atoms. The average molecular weight is 716 g/mol. The van der Waals surface area contributed by atoms with Crippen LogP contribution in [0.5, 0.6) is 0 Å². The fraction of sp³-hybridized carbons (Fsp3) is 0.667. The SMILES string of the molecule is C=CCNC(=O)C(=O)C(CCC(F)F)NC(=O)C1C2C(CN1C(=O)C(NC(=O)C(NC(=O)c1cnccn1)C1CCCCC1)C(C)(C)C)C2(C)C. The van der Waals surface area contributed by atoms with E-state index in [9.17, 15) is 37.5 Å². The first-order valence-corrected chi connectivity index (χ1v) is 17.7. The summed E-state index contributed by atoms with van der Waals surface area (Å²) < 4.78 is 26.4. The maximum absolute atomic E-state index is 14.5. The number of alkyl halides is 2. The number of aromatic nitrogens is 2. The predicted molar refractivity (Wildman–Crippen MR) is 183 cm³/mol. The summed E-state index contributed by atoms with van der Waals surface area (Å²) >= 11 is 0. The Bertz CT molecular complexity index is 1480. The van der Waals surface area contributed by atoms with Crippen molar-refractivity contribution in [3.05, 3.63) is 36.9 Å². The second-order valence-corrected chi connectivity index (χ2v) is 15.5. The molecular weight excluding hydrogens is 664 g/mol. The van der Waals surface area contributed by atoms with Crippen LogP contribution in [0.1, 0.15) is 90.1 Å². The first-order chi connectivity index (χ1) is 24.0. The van der Waals surface area contributed by atoms with E-state index in [0.29, 0.717) is 12.8 Å². The van der Waals surface area contributed by atoms with Gasteiger partial charge in [0, 0.05) is 31.9 Å². The summed E-state index contributed by atoms with van der Waals surface area (Å²) in [5.41, 5.74) is -1.13. The maximum atomic E-state index is 14.5. The van der Waals surface area contributed by atoms with Crippen molar-refractivity contribution >= 4 is 35.3 Å². The Kier molecular flexibility index (Phi) is 12.7. The van der Waals surface area contributed by atoms with E-state index < -0.39 is 84.2 Å². The number of rotatable bonds is 15. The molecule has 6 unspecified atom stereocenters. The van der Waals surface area contributed by atoms with Gasteiger partial charge in [0.2, 0.25) is 29.9 Å². The Morgan fingerprint density at radius 1 is 1.02 bits per heavy atom. The van der Waals surface area contributed by atoms with Crippen molar-refractivity contribution in [3.63, 3.8) is 0 Å². The number of carbonyl (C=O) groups is 6. The molecule has 2 heterocycles. The third-order valence-corrected chi connectivity index (χ3v) is 10.6. The largest absolute Gasteiger partial charge is 0.346 e. The van der Waals surface area contributed by atoms with Crippen LogP contribution in [-0.4, -0.2) is 93.9 Å². The number of hydrogen-bond acceptors (Lipinski definition) is 8. The molecule has 15 heteroatoms. The third-order valence-electron chi connectivity index (χ3n) is 10.6. The van der Waals surface area contributed by atoms with Crippen LogP contribution in [0.3, 0.4) is 0 Å². The molecule has 2 aliphatic carbocycles. The van der Waals surface area contributed by atoms with E-state index in [-0.39, 0.29) is 42.0 Å². The van der Waals surface area contributed by atoms with Crippen molar-refractivity contribution in [1.82, 2.24) is 36.1 Å². The van der Waals surface area contributed by atoms with E-state index >= 15 is 0 Å². The molecule has 5 amide bonds. The van der Waals surface area contributed by atoms with Gasteiger partial charge in [-0.05, 0) is 47.8 Å². The van der Waals surface area contributed by atoms with Gasteiger partial charge in [0.15, 0.2) is 0 Å². The average Bonchev–Trinajstić information content (AvgIpc) is 3.39. The molecule has 1 aliphatic heterocycles. The molecule has 2 saturated carbocycles. The van der Waals surface area contributed by atoms with Crippen LogP contribution in [0.15, 0.2) is 31.2 Å². The summed E-state index contributed by atoms with van der Waals surface area (Å²) in [7, 11) is 0. The number of nitrogens with one attached hydrogen (secondary N) is 4. The second-order valence-electron chi connectivity index (χ2n) is 15.5. The molecule has 280 valence electrons. The Morgan fingerprint density at radius 2 is 1.71 bits per heavy atom. The van der Waals surface area contributed by atoms with E-state index in [1.54, 1.807) is 20.8 Å². The Hall–Kier alpha value is -4.30. The van der Waals surface area contributed by atoms with Crippen LogP contribution in [-0.2, 0) is 24.0 Å². The van der Waals surface area contributed by atoms with Gasteiger partial charge < -0.3 is 26.2 Å². The highest BCUT2D eigenvalue weighted by molar-refractivity contribution is 6.38. The Labute approximate surface area is 297 Å². The van der Waals surface area contributed by atoms with E-state index in [4.69, 9.17) is 0 Å². The molecule has 6 atom stereocenters. The fourth-order valence-electron chi connectivity index (χ4n) is 7.59. The number of amides is 5. The number of halogens is 2. The van der Waals surface area contributed by atoms with E-state index in [2.05, 4.69) is 37.8 Å². The molecule has 0 spiro atoms. The highest BCUT2D eigenvalue weighted by Crippen LogP contribution is 2.65. The van der Waals surface area contributed by atoms with Gasteiger partial charge in [0.1, 0.15) is 23.8 Å². The number of hydrogen-bond donors (Lipinski definition) is 4. The van der Waals surface area contributed by atoms with Crippen molar-refractivity contribution in [3.8, 4) is 0 Å². The highest BCUT2D eigenvalue weighted by Gasteiger charge is 2.70. The predicted octanol–water partition coefficient (Wildman–Crippen LogP) is 2.57. The molecule has 1 saturated heterocycles. The Balaban J connectivity index is 1.58. The number of ketones is 1. The van der Waals surface area contributed by atoms with Crippen molar-refractivity contribution in [1.29, 1.82) is 0 Å². The summed E-state index contributed by atoms with van der Waals surface area (Å²) in [6.07, 6.45) is 5.67. The van der Waals surface area contributed by atoms with Crippen LogP contribution < -0.4 is 21.3 Å². The molecule has 4 N–H and O–H groups in total. The molecule has 1 aromatic heterocycles. The van der Waals surface area contributed by atoms with Gasteiger partial charge in [-0.25, -0.2) is 13.8 Å². The summed E-state index contributed by atoms with van der Waals surface area (Å²) in [4.78, 5) is 90.6. The topological polar surface area (TPSA) is 180 Å². The summed E-state index contributed by atoms with van der Waals surface area (Å²) in [5.74, 6) is -5.05. The first kappa shape index (κ1) is 39.5. The number of nitrogens with zero attached hydrogens (tertiary/aromatic N) is 3. The fourth-order valence-corrected chi connectivity index (χ4v) is 7.59. The maximum Gasteiger partial charge on any atom is 0.289 e. The lowest BCUT2D eigenvalue weighted by molar-refractivity contribution is -0.147. The molecular formula is C36H51F2N7O6. The number of carbonyl (C=O) groups excluding carboxylic acids is 6. The zero-order valence-corrected chi connectivity index (χ0v) is 30.0. The minimum absolute atomic E-state index is 0.0333. The monoisotopic (exact) mass is 715 g/mol. The summed E-state index contributed by atoms with van der Waals surface area (Å²) in [6.45, 7) is 12.9. The standard InChI is InChI=1S/C36H51F2N7O6/c1-7-15-41-33(50)28(46)22(13-14-24(37)38)42-32(49)27-25-21(36(25,5)6)19-45(27)34(51)29(35(2,3)4)44-31(48)26(20-11-9-8-10-12-20)43-30(47)23-18-39-16-17-40-23/h7,16-18,20-22,24-27,29H,1,8-15,19H2,2-6H3,(H,41,50)(H,42,49)(H,43,47)(H,44,48). The molecule has 13 nitrogen and oxygen atoms in total. The van der Waals surface area contributed by atoms with Crippen molar-refractivity contribution < 1.29 is 37.5 Å². The highest BCUT2D eigenvalue weighted by atomic mass is 19.3. The lowest BCUT2D eigenvalue weighted by atomic mass is 9.82. The molecule has 0 aromatic carbocycles. The van der Waals surface area contributed by atoms with Crippen molar-refractivity contribution in [2.24, 2.45) is 28.6 Å². The lowest BCUT2D eigenvalue weighted by Gasteiger charge is -2.39. The minimum Gasteiger partial charge on any atom is -0.346 e. The van der Waals surface area contributed by atoms with Crippen LogP contribution in [0.25, 0.3) is 0 Å². The smallest absolute Gasteiger partial charge is 0.289 e. The van der Waals surface area contributed by atoms with Gasteiger partial charge in [-0.1, -0.05) is 60.0 Å². The zero-order chi connectivity index (χ0) is 37.7. The summed E-state index contributed by atoms with van der Waals surface area (Å²) in [6, 6.07) is -4.71. The van der Waals surface area contributed by atoms with Gasteiger partial charge in [-0.15, -0.1) is 6.58 Å². The molecule has 1 aromatic rings. The van der Waals surface area contributed by atoms with Crippen LogP contribution in [0, 0.1) is 28.6 Å². The molecule has 4 rings (SSSR count). The third kappa shape index (κ3) is 9.33. The van der Waals surface area contributed by atoms with Crippen LogP contribution in [0.4, 0.5) is 8.78 Å². The van der Waals surface area contributed by atoms with Gasteiger partial charge in [0.25, 0.3) is 11.8 Å².